The summed E-state index contributed by atoms with van der Waals surface area (Å²) in [6.45, 7) is 2.25. The van der Waals surface area contributed by atoms with E-state index in [4.69, 9.17) is 18.9 Å². The fraction of sp³-hybridized carbons (Fsp3) is 0.407. The van der Waals surface area contributed by atoms with Gasteiger partial charge in [-0.15, -0.1) is 0 Å². The van der Waals surface area contributed by atoms with Crippen molar-refractivity contribution >= 4 is 11.9 Å². The van der Waals surface area contributed by atoms with E-state index in [2.05, 4.69) is 24.1 Å². The molecule has 0 N–H and O–H groups in total. The van der Waals surface area contributed by atoms with Crippen LogP contribution in [0, 0.1) is 5.92 Å². The van der Waals surface area contributed by atoms with Crippen LogP contribution >= 0.6 is 0 Å². The number of methoxy groups -OCH3 is 1. The van der Waals surface area contributed by atoms with E-state index in [1.54, 1.807) is 31.4 Å². The van der Waals surface area contributed by atoms with Crippen molar-refractivity contribution in [2.75, 3.05) is 20.7 Å². The number of nitrogens with zero attached hydrogens (tertiary/aromatic N) is 1. The van der Waals surface area contributed by atoms with E-state index in [-0.39, 0.29) is 28.7 Å². The van der Waals surface area contributed by atoms with Crippen LogP contribution in [-0.2, 0) is 21.4 Å². The molecular formula is C27H27NO6. The van der Waals surface area contributed by atoms with Crippen LogP contribution in [0.5, 0.6) is 17.2 Å². The first kappa shape index (κ1) is 21.2. The minimum atomic E-state index is -0.582. The third kappa shape index (κ3) is 2.86. The Bertz CT molecular complexity index is 1220. The summed E-state index contributed by atoms with van der Waals surface area (Å²) in [6.07, 6.45) is 5.11. The summed E-state index contributed by atoms with van der Waals surface area (Å²) in [5.41, 5.74) is 2.44. The average molecular weight is 462 g/mol. The second-order valence-electron chi connectivity index (χ2n) is 9.58. The SMILES string of the molecule is COc1ccc2c3c1O[C@H]1[C@@H](OC(=O)c4ccccc4OC(C)=O)C=C[C@H]4[C@@H](C2)N(C)CC[C@@]341. The molecule has 1 spiro atoms. The number of carbonyl (C=O) groups is 2. The molecule has 2 aliphatic carbocycles. The smallest absolute Gasteiger partial charge is 0.342 e. The predicted octanol–water partition coefficient (Wildman–Crippen LogP) is 3.29. The van der Waals surface area contributed by atoms with E-state index < -0.39 is 18.0 Å². The lowest BCUT2D eigenvalue weighted by Gasteiger charge is -2.56. The molecule has 0 aromatic heterocycles. The van der Waals surface area contributed by atoms with Gasteiger partial charge in [0.05, 0.1) is 7.11 Å². The summed E-state index contributed by atoms with van der Waals surface area (Å²) in [7, 11) is 3.84. The Balaban J connectivity index is 1.40. The van der Waals surface area contributed by atoms with Gasteiger partial charge < -0.3 is 23.8 Å². The number of carbonyl (C=O) groups excluding carboxylic acids is 2. The summed E-state index contributed by atoms with van der Waals surface area (Å²) in [5, 5.41) is 0. The van der Waals surface area contributed by atoms with E-state index in [1.165, 1.54) is 18.1 Å². The first-order valence-corrected chi connectivity index (χ1v) is 11.7. The lowest BCUT2D eigenvalue weighted by Crippen LogP contribution is -2.65. The molecule has 0 amide bonds. The van der Waals surface area contributed by atoms with E-state index in [1.807, 2.05) is 12.1 Å². The molecule has 34 heavy (non-hydrogen) atoms. The Hall–Kier alpha value is -3.32. The zero-order valence-corrected chi connectivity index (χ0v) is 19.4. The highest BCUT2D eigenvalue weighted by atomic mass is 16.6. The van der Waals surface area contributed by atoms with Crippen LogP contribution < -0.4 is 14.2 Å². The molecule has 2 aromatic carbocycles. The third-order valence-electron chi connectivity index (χ3n) is 7.94. The quantitative estimate of drug-likeness (QED) is 0.393. The predicted molar refractivity (Wildman–Crippen MR) is 123 cm³/mol. The molecular weight excluding hydrogens is 434 g/mol. The Labute approximate surface area is 198 Å². The largest absolute Gasteiger partial charge is 0.493 e. The number of para-hydroxylation sites is 1. The Morgan fingerprint density at radius 1 is 1.12 bits per heavy atom. The Kier molecular flexibility index (Phi) is 4.74. The summed E-state index contributed by atoms with van der Waals surface area (Å²) in [5.74, 6) is 0.904. The fourth-order valence-electron chi connectivity index (χ4n) is 6.54. The van der Waals surface area contributed by atoms with Gasteiger partial charge >= 0.3 is 11.9 Å². The van der Waals surface area contributed by atoms with E-state index >= 15 is 0 Å². The van der Waals surface area contributed by atoms with Gasteiger partial charge in [-0.1, -0.05) is 24.3 Å². The maximum Gasteiger partial charge on any atom is 0.342 e. The molecule has 2 bridgehead atoms. The summed E-state index contributed by atoms with van der Waals surface area (Å²) < 4.78 is 23.6. The number of ether oxygens (including phenoxy) is 4. The van der Waals surface area contributed by atoms with E-state index in [0.717, 1.165) is 25.1 Å². The van der Waals surface area contributed by atoms with Crippen molar-refractivity contribution in [2.24, 2.45) is 5.92 Å². The van der Waals surface area contributed by atoms with Gasteiger partial charge in [-0.2, -0.15) is 0 Å². The molecule has 0 radical (unpaired) electrons. The number of hydrogen-bond acceptors (Lipinski definition) is 7. The van der Waals surface area contributed by atoms with Gasteiger partial charge in [-0.3, -0.25) is 4.79 Å². The van der Waals surface area contributed by atoms with Crippen LogP contribution in [0.3, 0.4) is 0 Å². The Morgan fingerprint density at radius 2 is 1.94 bits per heavy atom. The molecule has 2 heterocycles. The van der Waals surface area contributed by atoms with Crippen LogP contribution in [0.4, 0.5) is 0 Å². The number of rotatable bonds is 4. The normalized spacial score (nSPS) is 30.2. The van der Waals surface area contributed by atoms with Crippen molar-refractivity contribution in [3.05, 3.63) is 65.2 Å². The van der Waals surface area contributed by atoms with Crippen molar-refractivity contribution in [3.63, 3.8) is 0 Å². The molecule has 176 valence electrons. The molecule has 4 aliphatic rings. The number of likely N-dealkylation sites (tertiary alicyclic amines) is 1. The van der Waals surface area contributed by atoms with Crippen LogP contribution in [0.1, 0.15) is 34.8 Å². The zero-order chi connectivity index (χ0) is 23.6. The average Bonchev–Trinajstić information content (AvgIpc) is 3.17. The number of esters is 2. The van der Waals surface area contributed by atoms with Crippen molar-refractivity contribution in [3.8, 4) is 17.2 Å². The fourth-order valence-corrected chi connectivity index (χ4v) is 6.54. The monoisotopic (exact) mass is 461 g/mol. The summed E-state index contributed by atoms with van der Waals surface area (Å²) >= 11 is 0. The number of hydrogen-bond donors (Lipinski definition) is 0. The molecule has 2 aromatic rings. The van der Waals surface area contributed by atoms with E-state index in [0.29, 0.717) is 11.8 Å². The molecule has 1 fully saturated rings. The highest BCUT2D eigenvalue weighted by Crippen LogP contribution is 2.62. The standard InChI is InChI=1S/C27H27NO6/c1-15(29)32-20-7-5-4-6-17(20)26(30)33-22-11-9-18-19-14-16-8-10-21(31-3)24-23(16)27(18,25(22)34-24)12-13-28(19)2/h4-11,18-19,22,25H,12-14H2,1-3H3/t18-,19+,22-,25-,27-/m0/s1. The van der Waals surface area contributed by atoms with Crippen LogP contribution in [0.2, 0.25) is 0 Å². The highest BCUT2D eigenvalue weighted by Gasteiger charge is 2.65. The first-order chi connectivity index (χ1) is 16.4. The summed E-state index contributed by atoms with van der Waals surface area (Å²) in [4.78, 5) is 27.2. The van der Waals surface area contributed by atoms with Gasteiger partial charge in [0.1, 0.15) is 17.4 Å². The highest BCUT2D eigenvalue weighted by molar-refractivity contribution is 5.93. The van der Waals surface area contributed by atoms with Gasteiger partial charge in [-0.05, 0) is 56.3 Å². The van der Waals surface area contributed by atoms with Gasteiger partial charge in [0.25, 0.3) is 0 Å². The van der Waals surface area contributed by atoms with Gasteiger partial charge in [0, 0.05) is 29.9 Å². The molecule has 0 unspecified atom stereocenters. The molecule has 2 aliphatic heterocycles. The lowest BCUT2D eigenvalue weighted by molar-refractivity contribution is -0.131. The summed E-state index contributed by atoms with van der Waals surface area (Å²) in [6, 6.07) is 11.1. The first-order valence-electron chi connectivity index (χ1n) is 11.7. The van der Waals surface area contributed by atoms with Gasteiger partial charge in [0.15, 0.2) is 17.6 Å². The topological polar surface area (TPSA) is 74.3 Å². The molecule has 5 atom stereocenters. The van der Waals surface area contributed by atoms with Gasteiger partial charge in [-0.25, -0.2) is 4.79 Å². The maximum absolute atomic E-state index is 13.2. The zero-order valence-electron chi connectivity index (χ0n) is 19.4. The maximum atomic E-state index is 13.2. The third-order valence-corrected chi connectivity index (χ3v) is 7.94. The number of piperidine rings is 1. The van der Waals surface area contributed by atoms with Crippen molar-refractivity contribution < 1.29 is 28.5 Å². The van der Waals surface area contributed by atoms with E-state index in [9.17, 15) is 9.59 Å². The van der Waals surface area contributed by atoms with Crippen LogP contribution in [0.15, 0.2) is 48.6 Å². The molecule has 7 nitrogen and oxygen atoms in total. The number of benzene rings is 2. The van der Waals surface area contributed by atoms with Crippen molar-refractivity contribution in [1.29, 1.82) is 0 Å². The molecule has 1 saturated heterocycles. The molecule has 6 rings (SSSR count). The van der Waals surface area contributed by atoms with Crippen LogP contribution in [0.25, 0.3) is 0 Å². The molecule has 7 heteroatoms. The Morgan fingerprint density at radius 3 is 2.74 bits per heavy atom. The van der Waals surface area contributed by atoms with Crippen molar-refractivity contribution in [2.45, 2.75) is 43.4 Å². The lowest BCUT2D eigenvalue weighted by atomic mass is 9.53. The van der Waals surface area contributed by atoms with Gasteiger partial charge in [0.2, 0.25) is 0 Å². The molecule has 0 saturated carbocycles. The second-order valence-corrected chi connectivity index (χ2v) is 9.58. The van der Waals surface area contributed by atoms with Crippen LogP contribution in [-0.4, -0.2) is 55.8 Å². The second kappa shape index (κ2) is 7.60. The number of likely N-dealkylation sites (N-methyl/N-ethyl adjacent to an activating group) is 1. The minimum Gasteiger partial charge on any atom is -0.493 e. The minimum absolute atomic E-state index is 0.187. The van der Waals surface area contributed by atoms with Crippen molar-refractivity contribution in [1.82, 2.24) is 4.90 Å².